The Hall–Kier alpha value is -3.59. The molecule has 2 amide bonds. The molecule has 188 valence electrons. The first-order valence-corrected chi connectivity index (χ1v) is 12.6. The number of aromatic amines is 1. The molecule has 0 saturated heterocycles. The van der Waals surface area contributed by atoms with Gasteiger partial charge in [0.1, 0.15) is 11.3 Å². The normalized spacial score (nSPS) is 12.5. The third kappa shape index (κ3) is 5.62. The van der Waals surface area contributed by atoms with E-state index in [2.05, 4.69) is 36.1 Å². The number of carbonyl (C=O) groups excluding carboxylic acids is 2. The molecule has 0 aliphatic heterocycles. The lowest BCUT2D eigenvalue weighted by Gasteiger charge is -2.27. The van der Waals surface area contributed by atoms with Crippen molar-refractivity contribution in [3.05, 3.63) is 70.6 Å². The number of aromatic nitrogens is 3. The van der Waals surface area contributed by atoms with Gasteiger partial charge < -0.3 is 15.2 Å². The summed E-state index contributed by atoms with van der Waals surface area (Å²) in [5.41, 5.74) is 2.94. The molecule has 9 heteroatoms. The van der Waals surface area contributed by atoms with E-state index in [-0.39, 0.29) is 29.1 Å². The van der Waals surface area contributed by atoms with Crippen LogP contribution in [-0.4, -0.2) is 51.3 Å². The number of likely N-dealkylation sites (N-methyl/N-ethyl adjacent to an activating group) is 1. The van der Waals surface area contributed by atoms with Crippen LogP contribution in [0, 0.1) is 11.2 Å². The van der Waals surface area contributed by atoms with Gasteiger partial charge in [0.05, 0.1) is 27.2 Å². The average Bonchev–Trinajstić information content (AvgIpc) is 3.49. The lowest BCUT2D eigenvalue weighted by atomic mass is 9.88. The summed E-state index contributed by atoms with van der Waals surface area (Å²) in [6.45, 7) is 8.70. The summed E-state index contributed by atoms with van der Waals surface area (Å²) >= 11 is 1.33. The third-order valence-electron chi connectivity index (χ3n) is 6.34. The molecule has 36 heavy (non-hydrogen) atoms. The molecule has 0 aliphatic carbocycles. The molecule has 3 heterocycles. The van der Waals surface area contributed by atoms with E-state index in [0.717, 1.165) is 10.4 Å². The summed E-state index contributed by atoms with van der Waals surface area (Å²) in [5.74, 6) is -0.581. The number of nitrogens with zero attached hydrogens (tertiary/aromatic N) is 3. The number of rotatable bonds is 7. The van der Waals surface area contributed by atoms with Crippen molar-refractivity contribution in [2.75, 3.05) is 13.6 Å². The fourth-order valence-corrected chi connectivity index (χ4v) is 4.46. The van der Waals surface area contributed by atoms with Crippen molar-refractivity contribution in [3.8, 4) is 10.6 Å². The molecule has 0 unspecified atom stereocenters. The minimum Gasteiger partial charge on any atom is -0.349 e. The quantitative estimate of drug-likeness (QED) is 0.355. The first kappa shape index (κ1) is 25.5. The number of thiophene rings is 1. The van der Waals surface area contributed by atoms with Crippen LogP contribution in [0.4, 0.5) is 4.39 Å². The van der Waals surface area contributed by atoms with E-state index in [1.165, 1.54) is 23.5 Å². The van der Waals surface area contributed by atoms with E-state index in [4.69, 9.17) is 4.98 Å². The Morgan fingerprint density at radius 2 is 1.89 bits per heavy atom. The maximum Gasteiger partial charge on any atom is 0.263 e. The molecule has 0 spiro atoms. The van der Waals surface area contributed by atoms with Crippen LogP contribution in [0.5, 0.6) is 0 Å². The van der Waals surface area contributed by atoms with Gasteiger partial charge in [-0.2, -0.15) is 0 Å². The molecule has 4 rings (SSSR count). The molecular weight excluding hydrogens is 477 g/mol. The summed E-state index contributed by atoms with van der Waals surface area (Å²) in [7, 11) is 1.75. The monoisotopic (exact) mass is 507 g/mol. The Morgan fingerprint density at radius 1 is 1.17 bits per heavy atom. The smallest absolute Gasteiger partial charge is 0.263 e. The number of nitrogens with one attached hydrogen (secondary N) is 2. The van der Waals surface area contributed by atoms with E-state index < -0.39 is 0 Å². The zero-order chi connectivity index (χ0) is 26.0. The zero-order valence-electron chi connectivity index (χ0n) is 21.1. The van der Waals surface area contributed by atoms with Gasteiger partial charge in [0, 0.05) is 25.8 Å². The van der Waals surface area contributed by atoms with Gasteiger partial charge in [-0.25, -0.2) is 14.4 Å². The number of amides is 2. The Kier molecular flexibility index (Phi) is 7.21. The summed E-state index contributed by atoms with van der Waals surface area (Å²) in [4.78, 5) is 41.0. The molecule has 3 aromatic heterocycles. The van der Waals surface area contributed by atoms with Crippen LogP contribution < -0.4 is 5.32 Å². The SMILES string of the molecule is C[C@H](NC(=O)c1c[nH]c2ncc(-c3ccc(C(=O)N(C)CCc4ccc(F)cc4)s3)nc12)C(C)(C)C. The molecule has 2 N–H and O–H groups in total. The van der Waals surface area contributed by atoms with Crippen LogP contribution in [0.2, 0.25) is 0 Å². The van der Waals surface area contributed by atoms with E-state index in [1.54, 1.807) is 42.5 Å². The number of hydrogen-bond acceptors (Lipinski definition) is 5. The summed E-state index contributed by atoms with van der Waals surface area (Å²) in [5, 5.41) is 3.04. The van der Waals surface area contributed by atoms with Gasteiger partial charge in [0.2, 0.25) is 0 Å². The predicted molar refractivity (Wildman–Crippen MR) is 141 cm³/mol. The van der Waals surface area contributed by atoms with Crippen LogP contribution in [0.1, 0.15) is 53.3 Å². The largest absolute Gasteiger partial charge is 0.349 e. The van der Waals surface area contributed by atoms with E-state index >= 15 is 0 Å². The number of benzene rings is 1. The Balaban J connectivity index is 1.49. The maximum atomic E-state index is 13.1. The van der Waals surface area contributed by atoms with Gasteiger partial charge in [0.15, 0.2) is 5.65 Å². The molecule has 4 aromatic rings. The number of hydrogen-bond donors (Lipinski definition) is 2. The van der Waals surface area contributed by atoms with Gasteiger partial charge in [-0.1, -0.05) is 32.9 Å². The number of halogens is 1. The molecule has 0 aliphatic rings. The van der Waals surface area contributed by atoms with Crippen LogP contribution >= 0.6 is 11.3 Å². The highest BCUT2D eigenvalue weighted by Gasteiger charge is 2.24. The molecule has 1 atom stereocenters. The fraction of sp³-hybridized carbons (Fsp3) is 0.333. The van der Waals surface area contributed by atoms with Crippen molar-refractivity contribution in [1.82, 2.24) is 25.2 Å². The van der Waals surface area contributed by atoms with Crippen molar-refractivity contribution in [2.24, 2.45) is 5.41 Å². The Labute approximate surface area is 213 Å². The van der Waals surface area contributed by atoms with E-state index in [1.807, 2.05) is 13.0 Å². The van der Waals surface area contributed by atoms with E-state index in [0.29, 0.717) is 40.3 Å². The number of H-pyrrole nitrogens is 1. The second-order valence-corrected chi connectivity index (χ2v) is 11.1. The highest BCUT2D eigenvalue weighted by Crippen LogP contribution is 2.29. The number of carbonyl (C=O) groups is 2. The second kappa shape index (κ2) is 10.2. The first-order valence-electron chi connectivity index (χ1n) is 11.8. The second-order valence-electron chi connectivity index (χ2n) is 9.98. The minimum atomic E-state index is -0.276. The van der Waals surface area contributed by atoms with Crippen LogP contribution in [0.25, 0.3) is 21.7 Å². The van der Waals surface area contributed by atoms with Crippen LogP contribution in [0.3, 0.4) is 0 Å². The van der Waals surface area contributed by atoms with E-state index in [9.17, 15) is 14.0 Å². The van der Waals surface area contributed by atoms with Gasteiger partial charge in [-0.15, -0.1) is 11.3 Å². The summed E-state index contributed by atoms with van der Waals surface area (Å²) < 4.78 is 13.1. The fourth-order valence-electron chi connectivity index (χ4n) is 3.50. The van der Waals surface area contributed by atoms with Crippen LogP contribution in [-0.2, 0) is 6.42 Å². The number of fused-ring (bicyclic) bond motifs is 1. The van der Waals surface area contributed by atoms with Gasteiger partial charge in [0.25, 0.3) is 11.8 Å². The lowest BCUT2D eigenvalue weighted by Crippen LogP contribution is -2.41. The average molecular weight is 508 g/mol. The third-order valence-corrected chi connectivity index (χ3v) is 7.43. The lowest BCUT2D eigenvalue weighted by molar-refractivity contribution is 0.0801. The predicted octanol–water partition coefficient (Wildman–Crippen LogP) is 5.30. The molecular formula is C27H30FN5O2S. The molecule has 7 nitrogen and oxygen atoms in total. The van der Waals surface area contributed by atoms with Gasteiger partial charge in [-0.3, -0.25) is 9.59 Å². The van der Waals surface area contributed by atoms with Gasteiger partial charge >= 0.3 is 0 Å². The summed E-state index contributed by atoms with van der Waals surface area (Å²) in [6.07, 6.45) is 3.89. The highest BCUT2D eigenvalue weighted by molar-refractivity contribution is 7.17. The van der Waals surface area contributed by atoms with Crippen molar-refractivity contribution in [3.63, 3.8) is 0 Å². The topological polar surface area (TPSA) is 91.0 Å². The first-order chi connectivity index (χ1) is 17.0. The maximum absolute atomic E-state index is 13.1. The molecule has 0 saturated carbocycles. The summed E-state index contributed by atoms with van der Waals surface area (Å²) in [6, 6.07) is 9.89. The Bertz CT molecular complexity index is 1390. The molecule has 0 radical (unpaired) electrons. The Morgan fingerprint density at radius 3 is 2.58 bits per heavy atom. The molecule has 0 fully saturated rings. The van der Waals surface area contributed by atoms with Crippen molar-refractivity contribution in [2.45, 2.75) is 40.2 Å². The van der Waals surface area contributed by atoms with Crippen molar-refractivity contribution < 1.29 is 14.0 Å². The van der Waals surface area contributed by atoms with Crippen molar-refractivity contribution in [1.29, 1.82) is 0 Å². The molecule has 0 bridgehead atoms. The highest BCUT2D eigenvalue weighted by atomic mass is 32.1. The molecule has 1 aromatic carbocycles. The van der Waals surface area contributed by atoms with Crippen molar-refractivity contribution >= 4 is 34.3 Å². The minimum absolute atomic E-state index is 0.0306. The zero-order valence-corrected chi connectivity index (χ0v) is 21.9. The standard InChI is InChI=1S/C27H30FN5O2S/c1-16(27(2,3)4)31-25(34)19-14-29-24-23(19)32-20(15-30-24)21-10-11-22(36-21)26(35)33(5)13-12-17-6-8-18(28)9-7-17/h6-11,14-16H,12-13H2,1-5H3,(H,29,30)(H,31,34)/t16-/m0/s1. The van der Waals surface area contributed by atoms with Crippen LogP contribution in [0.15, 0.2) is 48.8 Å². The van der Waals surface area contributed by atoms with Gasteiger partial charge in [-0.05, 0) is 48.6 Å².